The molecule has 0 radical (unpaired) electrons. The number of nitrogens with zero attached hydrogens (tertiary/aromatic N) is 2. The second-order valence-corrected chi connectivity index (χ2v) is 7.24. The molecule has 2 aromatic heterocycles. The molecule has 0 fully saturated rings. The van der Waals surface area contributed by atoms with Gasteiger partial charge < -0.3 is 8.98 Å². The van der Waals surface area contributed by atoms with Crippen molar-refractivity contribution in [2.45, 2.75) is 6.54 Å². The van der Waals surface area contributed by atoms with Gasteiger partial charge in [0, 0.05) is 17.7 Å². The predicted molar refractivity (Wildman–Crippen MR) is 125 cm³/mol. The van der Waals surface area contributed by atoms with Crippen LogP contribution in [0.2, 0.25) is 0 Å². The van der Waals surface area contributed by atoms with Crippen LogP contribution in [0.1, 0.15) is 0 Å². The molecule has 31 heavy (non-hydrogen) atoms. The van der Waals surface area contributed by atoms with Gasteiger partial charge in [-0.2, -0.15) is 0 Å². The number of allylic oxidation sites excluding steroid dienone is 1. The Morgan fingerprint density at radius 2 is 1.52 bits per heavy atom. The van der Waals surface area contributed by atoms with Gasteiger partial charge in [0.05, 0.1) is 16.8 Å². The summed E-state index contributed by atoms with van der Waals surface area (Å²) < 4.78 is 7.83. The lowest BCUT2D eigenvalue weighted by molar-refractivity contribution is 0.603. The minimum atomic E-state index is -0.101. The Bertz CT molecular complexity index is 1430. The van der Waals surface area contributed by atoms with E-state index in [1.807, 2.05) is 71.3 Å². The normalized spacial score (nSPS) is 11.0. The molecule has 0 spiro atoms. The highest BCUT2D eigenvalue weighted by Crippen LogP contribution is 2.36. The third-order valence-electron chi connectivity index (χ3n) is 5.29. The molecule has 0 unspecified atom stereocenters. The summed E-state index contributed by atoms with van der Waals surface area (Å²) in [5.74, 6) is 0.567. The van der Waals surface area contributed by atoms with Crippen LogP contribution in [-0.2, 0) is 6.54 Å². The van der Waals surface area contributed by atoms with Crippen LogP contribution in [0.5, 0.6) is 0 Å². The molecule has 0 bridgehead atoms. The van der Waals surface area contributed by atoms with Gasteiger partial charge in [-0.25, -0.2) is 4.98 Å². The van der Waals surface area contributed by atoms with E-state index < -0.39 is 0 Å². The number of rotatable bonds is 5. The third kappa shape index (κ3) is 3.28. The Morgan fingerprint density at radius 1 is 0.871 bits per heavy atom. The molecule has 0 aliphatic heterocycles. The first-order valence-electron chi connectivity index (χ1n) is 10.1. The van der Waals surface area contributed by atoms with Crippen molar-refractivity contribution < 1.29 is 4.42 Å². The molecule has 0 N–H and O–H groups in total. The number of hydrogen-bond donors (Lipinski definition) is 0. The zero-order valence-corrected chi connectivity index (χ0v) is 16.9. The van der Waals surface area contributed by atoms with Crippen molar-refractivity contribution in [2.24, 2.45) is 0 Å². The average molecular weight is 404 g/mol. The molecule has 0 saturated heterocycles. The lowest BCUT2D eigenvalue weighted by atomic mass is 10.0. The highest BCUT2D eigenvalue weighted by atomic mass is 16.3. The van der Waals surface area contributed by atoms with Crippen LogP contribution in [-0.4, -0.2) is 9.55 Å². The molecule has 0 aliphatic carbocycles. The van der Waals surface area contributed by atoms with Crippen LogP contribution in [0, 0.1) is 0 Å². The zero-order valence-electron chi connectivity index (χ0n) is 16.9. The number of fused-ring (bicyclic) bond motifs is 1. The van der Waals surface area contributed by atoms with E-state index >= 15 is 0 Å². The topological polar surface area (TPSA) is 48.0 Å². The zero-order chi connectivity index (χ0) is 21.2. The first-order valence-corrected chi connectivity index (χ1v) is 10.1. The van der Waals surface area contributed by atoms with Crippen molar-refractivity contribution in [3.8, 4) is 33.9 Å². The summed E-state index contributed by atoms with van der Waals surface area (Å²) in [5, 5.41) is 0.538. The molecular formula is C27H20N2O2. The monoisotopic (exact) mass is 404 g/mol. The van der Waals surface area contributed by atoms with Gasteiger partial charge in [-0.15, -0.1) is 6.58 Å². The summed E-state index contributed by atoms with van der Waals surface area (Å²) in [6.07, 6.45) is 3.32. The highest BCUT2D eigenvalue weighted by Gasteiger charge is 2.23. The van der Waals surface area contributed by atoms with Crippen LogP contribution < -0.4 is 5.43 Å². The molecular weight excluding hydrogens is 384 g/mol. The van der Waals surface area contributed by atoms with Gasteiger partial charge in [-0.1, -0.05) is 78.9 Å². The van der Waals surface area contributed by atoms with E-state index in [-0.39, 0.29) is 5.43 Å². The SMILES string of the molecule is C=CCn1c(-c2coc3ccccc3c2=O)nc(-c2ccccc2)c1-c1ccccc1. The fourth-order valence-electron chi connectivity index (χ4n) is 3.88. The molecule has 0 saturated carbocycles. The Balaban J connectivity index is 1.85. The summed E-state index contributed by atoms with van der Waals surface area (Å²) in [6.45, 7) is 4.44. The number of imidazole rings is 1. The van der Waals surface area contributed by atoms with Gasteiger partial charge in [-0.3, -0.25) is 4.79 Å². The summed E-state index contributed by atoms with van der Waals surface area (Å²) in [6, 6.07) is 27.4. The Hall–Kier alpha value is -4.18. The number of benzene rings is 3. The molecule has 4 heteroatoms. The minimum absolute atomic E-state index is 0.101. The van der Waals surface area contributed by atoms with Gasteiger partial charge in [0.25, 0.3) is 0 Å². The van der Waals surface area contributed by atoms with Gasteiger partial charge in [0.2, 0.25) is 5.43 Å². The number of aromatic nitrogens is 2. The Kier molecular flexibility index (Phi) is 4.81. The van der Waals surface area contributed by atoms with E-state index in [4.69, 9.17) is 9.40 Å². The van der Waals surface area contributed by atoms with Crippen LogP contribution in [0.4, 0.5) is 0 Å². The first kappa shape index (κ1) is 18.8. The fourth-order valence-corrected chi connectivity index (χ4v) is 3.88. The maximum absolute atomic E-state index is 13.3. The number of hydrogen-bond acceptors (Lipinski definition) is 3. The van der Waals surface area contributed by atoms with Gasteiger partial charge in [0.1, 0.15) is 23.2 Å². The molecule has 0 amide bonds. The van der Waals surface area contributed by atoms with E-state index in [9.17, 15) is 4.79 Å². The van der Waals surface area contributed by atoms with Crippen molar-refractivity contribution >= 4 is 11.0 Å². The highest BCUT2D eigenvalue weighted by molar-refractivity contribution is 5.84. The maximum atomic E-state index is 13.3. The van der Waals surface area contributed by atoms with Gasteiger partial charge in [0.15, 0.2) is 0 Å². The second kappa shape index (κ2) is 7.92. The lowest BCUT2D eigenvalue weighted by Crippen LogP contribution is -2.09. The Morgan fingerprint density at radius 3 is 2.23 bits per heavy atom. The molecule has 2 heterocycles. The van der Waals surface area contributed by atoms with Crippen molar-refractivity contribution in [1.82, 2.24) is 9.55 Å². The van der Waals surface area contributed by atoms with Crippen LogP contribution >= 0.6 is 0 Å². The molecule has 4 nitrogen and oxygen atoms in total. The maximum Gasteiger partial charge on any atom is 0.203 e. The minimum Gasteiger partial charge on any atom is -0.463 e. The summed E-state index contributed by atoms with van der Waals surface area (Å²) in [4.78, 5) is 18.3. The van der Waals surface area contributed by atoms with E-state index in [1.165, 1.54) is 6.26 Å². The van der Waals surface area contributed by atoms with Crippen LogP contribution in [0.3, 0.4) is 0 Å². The largest absolute Gasteiger partial charge is 0.463 e. The van der Waals surface area contributed by atoms with Crippen LogP contribution in [0.25, 0.3) is 44.9 Å². The summed E-state index contributed by atoms with van der Waals surface area (Å²) in [7, 11) is 0. The molecule has 5 aromatic rings. The Labute approximate surface area is 179 Å². The molecule has 150 valence electrons. The van der Waals surface area contributed by atoms with Crippen molar-refractivity contribution in [3.05, 3.63) is 114 Å². The van der Waals surface area contributed by atoms with Gasteiger partial charge >= 0.3 is 0 Å². The summed E-state index contributed by atoms with van der Waals surface area (Å²) >= 11 is 0. The summed E-state index contributed by atoms with van der Waals surface area (Å²) in [5.41, 5.74) is 4.65. The van der Waals surface area contributed by atoms with Gasteiger partial charge in [-0.05, 0) is 12.1 Å². The van der Waals surface area contributed by atoms with E-state index in [0.717, 1.165) is 22.5 Å². The second-order valence-electron chi connectivity index (χ2n) is 7.24. The number of para-hydroxylation sites is 1. The fraction of sp³-hybridized carbons (Fsp3) is 0.0370. The van der Waals surface area contributed by atoms with E-state index in [0.29, 0.717) is 28.9 Å². The molecule has 0 aliphatic rings. The standard InChI is InChI=1S/C27H20N2O2/c1-2-17-29-25(20-13-7-4-8-14-20)24(19-11-5-3-6-12-19)28-27(29)22-18-31-23-16-10-9-15-21(23)26(22)30/h2-16,18H,1,17H2. The quantitative estimate of drug-likeness (QED) is 0.329. The van der Waals surface area contributed by atoms with Crippen molar-refractivity contribution in [1.29, 1.82) is 0 Å². The molecule has 3 aromatic carbocycles. The molecule has 0 atom stereocenters. The van der Waals surface area contributed by atoms with E-state index in [2.05, 4.69) is 18.7 Å². The van der Waals surface area contributed by atoms with E-state index in [1.54, 1.807) is 12.1 Å². The van der Waals surface area contributed by atoms with Crippen molar-refractivity contribution in [3.63, 3.8) is 0 Å². The molecule has 5 rings (SSSR count). The third-order valence-corrected chi connectivity index (χ3v) is 5.29. The predicted octanol–water partition coefficient (Wildman–Crippen LogP) is 6.18. The smallest absolute Gasteiger partial charge is 0.203 e. The average Bonchev–Trinajstić information content (AvgIpc) is 3.20. The first-order chi connectivity index (χ1) is 15.3. The lowest BCUT2D eigenvalue weighted by Gasteiger charge is -2.11. The van der Waals surface area contributed by atoms with Crippen LogP contribution in [0.15, 0.2) is 113 Å². The van der Waals surface area contributed by atoms with Crippen molar-refractivity contribution in [2.75, 3.05) is 0 Å².